The Bertz CT molecular complexity index is 1190. The van der Waals surface area contributed by atoms with Crippen molar-refractivity contribution in [1.29, 1.82) is 5.26 Å². The molecule has 4 nitrogen and oxygen atoms in total. The zero-order valence-corrected chi connectivity index (χ0v) is 16.6. The van der Waals surface area contributed by atoms with E-state index in [-0.39, 0.29) is 0 Å². The molecule has 146 valence electrons. The van der Waals surface area contributed by atoms with Gasteiger partial charge in [-0.15, -0.1) is 0 Å². The highest BCUT2D eigenvalue weighted by Gasteiger charge is 2.22. The van der Waals surface area contributed by atoms with Gasteiger partial charge in [-0.2, -0.15) is 5.26 Å². The maximum Gasteiger partial charge on any atom is 0.238 e. The van der Waals surface area contributed by atoms with Crippen molar-refractivity contribution in [3.05, 3.63) is 96.1 Å². The minimum absolute atomic E-state index is 0.295. The van der Waals surface area contributed by atoms with Gasteiger partial charge in [0.05, 0.1) is 6.61 Å². The molecule has 0 amide bonds. The van der Waals surface area contributed by atoms with Crippen LogP contribution in [-0.2, 0) is 0 Å². The number of nitrogens with zero attached hydrogens (tertiary/aromatic N) is 2. The molecule has 4 rings (SSSR count). The van der Waals surface area contributed by atoms with E-state index in [0.29, 0.717) is 23.8 Å². The molecule has 0 aliphatic heterocycles. The summed E-state index contributed by atoms with van der Waals surface area (Å²) in [5, 5.41) is 9.91. The molecule has 30 heavy (non-hydrogen) atoms. The summed E-state index contributed by atoms with van der Waals surface area (Å²) in [6.45, 7) is 2.57. The fraction of sp³-hybridized carbons (Fsp3) is 0.0769. The molecular weight excluding hydrogens is 372 g/mol. The summed E-state index contributed by atoms with van der Waals surface area (Å²) in [4.78, 5) is 4.50. The highest BCUT2D eigenvalue weighted by atomic mass is 16.5. The summed E-state index contributed by atoms with van der Waals surface area (Å²) in [6, 6.07) is 29.5. The van der Waals surface area contributed by atoms with Crippen molar-refractivity contribution in [2.75, 3.05) is 6.61 Å². The van der Waals surface area contributed by atoms with Gasteiger partial charge >= 0.3 is 0 Å². The molecule has 0 saturated carbocycles. The first kappa shape index (κ1) is 19.2. The van der Waals surface area contributed by atoms with Gasteiger partial charge in [-0.05, 0) is 42.3 Å². The van der Waals surface area contributed by atoms with Crippen LogP contribution in [0.4, 0.5) is 5.88 Å². The van der Waals surface area contributed by atoms with E-state index in [2.05, 4.69) is 11.1 Å². The predicted octanol–water partition coefficient (Wildman–Crippen LogP) is 6.63. The number of benzene rings is 3. The number of furan rings is 1. The molecule has 0 N–H and O–H groups in total. The summed E-state index contributed by atoms with van der Waals surface area (Å²) in [5.41, 5.74) is 3.88. The Hall–Kier alpha value is -4.10. The fourth-order valence-corrected chi connectivity index (χ4v) is 3.24. The molecule has 0 unspecified atom stereocenters. The monoisotopic (exact) mass is 392 g/mol. The second kappa shape index (κ2) is 8.93. The second-order valence-corrected chi connectivity index (χ2v) is 6.59. The summed E-state index contributed by atoms with van der Waals surface area (Å²) in [7, 11) is 0. The minimum atomic E-state index is 0.295. The van der Waals surface area contributed by atoms with E-state index < -0.39 is 0 Å². The van der Waals surface area contributed by atoms with Gasteiger partial charge in [0.1, 0.15) is 23.1 Å². The van der Waals surface area contributed by atoms with Gasteiger partial charge in [0.15, 0.2) is 0 Å². The summed E-state index contributed by atoms with van der Waals surface area (Å²) < 4.78 is 11.6. The fourth-order valence-electron chi connectivity index (χ4n) is 3.24. The second-order valence-electron chi connectivity index (χ2n) is 6.59. The van der Waals surface area contributed by atoms with Crippen molar-refractivity contribution in [2.45, 2.75) is 6.92 Å². The molecule has 0 spiro atoms. The average Bonchev–Trinajstić information content (AvgIpc) is 3.18. The number of hydrogen-bond acceptors (Lipinski definition) is 4. The third-order valence-electron chi connectivity index (χ3n) is 4.62. The third-order valence-corrected chi connectivity index (χ3v) is 4.62. The van der Waals surface area contributed by atoms with Gasteiger partial charge in [-0.3, -0.25) is 0 Å². The summed E-state index contributed by atoms with van der Waals surface area (Å²) in [6.07, 6.45) is 1.69. The van der Waals surface area contributed by atoms with Crippen molar-refractivity contribution in [3.63, 3.8) is 0 Å². The molecule has 0 atom stereocenters. The van der Waals surface area contributed by atoms with E-state index in [1.54, 1.807) is 6.21 Å². The van der Waals surface area contributed by atoms with Crippen LogP contribution in [0.15, 0.2) is 94.3 Å². The minimum Gasteiger partial charge on any atom is -0.494 e. The van der Waals surface area contributed by atoms with Crippen LogP contribution in [-0.4, -0.2) is 12.8 Å². The van der Waals surface area contributed by atoms with Gasteiger partial charge in [0.25, 0.3) is 0 Å². The zero-order valence-electron chi connectivity index (χ0n) is 16.6. The Balaban J connectivity index is 1.79. The van der Waals surface area contributed by atoms with Crippen LogP contribution in [0.2, 0.25) is 0 Å². The van der Waals surface area contributed by atoms with Gasteiger partial charge < -0.3 is 9.15 Å². The molecule has 4 heteroatoms. The SMILES string of the molecule is CCOc1ccc(C=Nc2oc(-c3ccccc3)c(-c3ccccc3)c2C#N)cc1. The van der Waals surface area contributed by atoms with Gasteiger partial charge in [-0.1, -0.05) is 60.7 Å². The van der Waals surface area contributed by atoms with E-state index in [9.17, 15) is 5.26 Å². The first-order valence-electron chi connectivity index (χ1n) is 9.74. The molecule has 0 saturated heterocycles. The Labute approximate surface area is 175 Å². The molecular formula is C26H20N2O2. The van der Waals surface area contributed by atoms with Crippen molar-refractivity contribution < 1.29 is 9.15 Å². The normalized spacial score (nSPS) is 10.8. The topological polar surface area (TPSA) is 58.5 Å². The molecule has 0 fully saturated rings. The molecule has 3 aromatic carbocycles. The van der Waals surface area contributed by atoms with Crippen molar-refractivity contribution in [2.24, 2.45) is 4.99 Å². The highest BCUT2D eigenvalue weighted by molar-refractivity contribution is 5.89. The molecule has 4 aromatic rings. The van der Waals surface area contributed by atoms with E-state index in [1.807, 2.05) is 91.9 Å². The van der Waals surface area contributed by atoms with E-state index >= 15 is 0 Å². The lowest BCUT2D eigenvalue weighted by Crippen LogP contribution is -1.91. The van der Waals surface area contributed by atoms with E-state index in [1.165, 1.54) is 0 Å². The van der Waals surface area contributed by atoms with Crippen LogP contribution in [0.5, 0.6) is 5.75 Å². The number of nitriles is 1. The molecule has 0 bridgehead atoms. The summed E-state index contributed by atoms with van der Waals surface area (Å²) in [5.74, 6) is 1.74. The summed E-state index contributed by atoms with van der Waals surface area (Å²) >= 11 is 0. The molecule has 0 radical (unpaired) electrons. The van der Waals surface area contributed by atoms with Crippen LogP contribution in [0.25, 0.3) is 22.5 Å². The van der Waals surface area contributed by atoms with Crippen molar-refractivity contribution in [1.82, 2.24) is 0 Å². The van der Waals surface area contributed by atoms with E-state index in [0.717, 1.165) is 28.0 Å². The average molecular weight is 392 g/mol. The Morgan fingerprint density at radius 2 is 1.53 bits per heavy atom. The lowest BCUT2D eigenvalue weighted by molar-refractivity contribution is 0.340. The van der Waals surface area contributed by atoms with Gasteiger partial charge in [-0.25, -0.2) is 4.99 Å². The first-order valence-corrected chi connectivity index (χ1v) is 9.74. The highest BCUT2D eigenvalue weighted by Crippen LogP contribution is 2.42. The number of rotatable bonds is 6. The van der Waals surface area contributed by atoms with Crippen molar-refractivity contribution in [3.8, 4) is 34.3 Å². The predicted molar refractivity (Wildman–Crippen MR) is 119 cm³/mol. The van der Waals surface area contributed by atoms with Gasteiger partial charge in [0.2, 0.25) is 5.88 Å². The van der Waals surface area contributed by atoms with Crippen LogP contribution in [0.3, 0.4) is 0 Å². The quantitative estimate of drug-likeness (QED) is 0.346. The zero-order chi connectivity index (χ0) is 20.8. The largest absolute Gasteiger partial charge is 0.494 e. The van der Waals surface area contributed by atoms with Crippen LogP contribution < -0.4 is 4.74 Å². The van der Waals surface area contributed by atoms with E-state index in [4.69, 9.17) is 9.15 Å². The Kier molecular flexibility index (Phi) is 5.73. The Morgan fingerprint density at radius 3 is 2.13 bits per heavy atom. The lowest BCUT2D eigenvalue weighted by atomic mass is 9.98. The third kappa shape index (κ3) is 4.01. The molecule has 1 aromatic heterocycles. The maximum absolute atomic E-state index is 9.91. The molecule has 0 aliphatic carbocycles. The standard InChI is InChI=1S/C26H20N2O2/c1-2-29-22-15-13-19(14-16-22)18-28-26-23(17-27)24(20-9-5-3-6-10-20)25(30-26)21-11-7-4-8-12-21/h3-16,18H,2H2,1H3. The first-order chi connectivity index (χ1) is 14.8. The van der Waals surface area contributed by atoms with Crippen molar-refractivity contribution >= 4 is 12.1 Å². The lowest BCUT2D eigenvalue weighted by Gasteiger charge is -2.03. The van der Waals surface area contributed by atoms with Gasteiger partial charge in [0, 0.05) is 17.3 Å². The Morgan fingerprint density at radius 1 is 0.900 bits per heavy atom. The number of hydrogen-bond donors (Lipinski definition) is 0. The molecule has 0 aliphatic rings. The maximum atomic E-state index is 9.91. The van der Waals surface area contributed by atoms with Crippen LogP contribution >= 0.6 is 0 Å². The number of aliphatic imine (C=N–C) groups is 1. The number of ether oxygens (including phenoxy) is 1. The molecule has 1 heterocycles. The smallest absolute Gasteiger partial charge is 0.238 e. The van der Waals surface area contributed by atoms with Crippen LogP contribution in [0.1, 0.15) is 18.1 Å². The van der Waals surface area contributed by atoms with Crippen LogP contribution in [0, 0.1) is 11.3 Å².